The highest BCUT2D eigenvalue weighted by atomic mass is 16.5. The molecule has 0 radical (unpaired) electrons. The van der Waals surface area contributed by atoms with E-state index in [0.29, 0.717) is 36.3 Å². The fourth-order valence-electron chi connectivity index (χ4n) is 3.01. The van der Waals surface area contributed by atoms with E-state index in [1.807, 2.05) is 37.4 Å². The van der Waals surface area contributed by atoms with Crippen LogP contribution in [-0.2, 0) is 6.54 Å². The predicted octanol–water partition coefficient (Wildman–Crippen LogP) is 3.48. The third-order valence-electron chi connectivity index (χ3n) is 4.74. The summed E-state index contributed by atoms with van der Waals surface area (Å²) in [7, 11) is 0. The number of hydrogen-bond donors (Lipinski definition) is 1. The Hall–Kier alpha value is -2.63. The molecule has 1 amide bonds. The first-order valence-electron chi connectivity index (χ1n) is 8.43. The number of hydrogen-bond acceptors (Lipinski definition) is 4. The van der Waals surface area contributed by atoms with Gasteiger partial charge in [0.25, 0.3) is 5.91 Å². The Bertz CT molecular complexity index is 863. The van der Waals surface area contributed by atoms with E-state index in [9.17, 15) is 4.79 Å². The van der Waals surface area contributed by atoms with Gasteiger partial charge in [-0.15, -0.1) is 0 Å². The predicted molar refractivity (Wildman–Crippen MR) is 89.6 cm³/mol. The van der Waals surface area contributed by atoms with Crippen molar-refractivity contribution in [2.75, 3.05) is 6.54 Å². The number of nitrogens with zero attached hydrogens (tertiary/aromatic N) is 3. The summed E-state index contributed by atoms with van der Waals surface area (Å²) in [6.07, 6.45) is 5.34. The fourth-order valence-corrected chi connectivity index (χ4v) is 3.01. The average Bonchev–Trinajstić information content (AvgIpc) is 3.18. The van der Waals surface area contributed by atoms with E-state index in [4.69, 9.17) is 4.52 Å². The van der Waals surface area contributed by atoms with Crippen LogP contribution in [-0.4, -0.2) is 32.5 Å². The van der Waals surface area contributed by atoms with E-state index >= 15 is 0 Å². The summed E-state index contributed by atoms with van der Waals surface area (Å²) < 4.78 is 5.34. The van der Waals surface area contributed by atoms with Crippen molar-refractivity contribution in [1.82, 2.24) is 20.0 Å². The third-order valence-corrected chi connectivity index (χ3v) is 4.74. The Balaban J connectivity index is 1.51. The van der Waals surface area contributed by atoms with Gasteiger partial charge in [-0.1, -0.05) is 17.6 Å². The van der Waals surface area contributed by atoms with Gasteiger partial charge < -0.3 is 14.4 Å². The van der Waals surface area contributed by atoms with Crippen LogP contribution in [0.5, 0.6) is 0 Å². The van der Waals surface area contributed by atoms with Crippen molar-refractivity contribution in [3.05, 3.63) is 47.7 Å². The van der Waals surface area contributed by atoms with Gasteiger partial charge in [0, 0.05) is 29.7 Å². The number of carbonyl (C=O) groups is 1. The SMILES string of the molecule is CCN(Cc1noc(C2CCC2)n1)C(=O)c1ccc2cc[nH]c2c1. The second kappa shape index (κ2) is 6.11. The molecule has 124 valence electrons. The van der Waals surface area contributed by atoms with Crippen molar-refractivity contribution >= 4 is 16.8 Å². The first kappa shape index (κ1) is 14.9. The van der Waals surface area contributed by atoms with Crippen LogP contribution in [0.2, 0.25) is 0 Å². The number of aromatic nitrogens is 3. The van der Waals surface area contributed by atoms with Crippen LogP contribution in [0.4, 0.5) is 0 Å². The molecular weight excluding hydrogens is 304 g/mol. The van der Waals surface area contributed by atoms with Crippen molar-refractivity contribution in [1.29, 1.82) is 0 Å². The summed E-state index contributed by atoms with van der Waals surface area (Å²) in [5.41, 5.74) is 1.62. The lowest BCUT2D eigenvalue weighted by Gasteiger charge is -2.21. The molecule has 1 aliphatic carbocycles. The molecule has 0 spiro atoms. The lowest BCUT2D eigenvalue weighted by Crippen LogP contribution is -2.30. The highest BCUT2D eigenvalue weighted by Crippen LogP contribution is 2.35. The van der Waals surface area contributed by atoms with Crippen LogP contribution in [0.15, 0.2) is 35.0 Å². The lowest BCUT2D eigenvalue weighted by atomic mass is 9.85. The fraction of sp³-hybridized carbons (Fsp3) is 0.389. The topological polar surface area (TPSA) is 75.0 Å². The molecule has 0 unspecified atom stereocenters. The van der Waals surface area contributed by atoms with Crippen LogP contribution >= 0.6 is 0 Å². The largest absolute Gasteiger partial charge is 0.361 e. The minimum atomic E-state index is -0.0241. The Morgan fingerprint density at radius 2 is 2.25 bits per heavy atom. The maximum Gasteiger partial charge on any atom is 0.254 e. The Kier molecular flexibility index (Phi) is 3.80. The number of rotatable bonds is 5. The molecule has 0 saturated heterocycles. The van der Waals surface area contributed by atoms with Gasteiger partial charge in [-0.25, -0.2) is 0 Å². The van der Waals surface area contributed by atoms with Crippen molar-refractivity contribution in [3.8, 4) is 0 Å². The molecule has 3 aromatic rings. The first-order chi connectivity index (χ1) is 11.7. The standard InChI is InChI=1S/C18H20N4O2/c1-2-22(11-16-20-17(24-21-16)13-4-3-5-13)18(23)14-7-6-12-8-9-19-15(12)10-14/h6-10,13,19H,2-5,11H2,1H3. The quantitative estimate of drug-likeness (QED) is 0.779. The zero-order chi connectivity index (χ0) is 16.5. The van der Waals surface area contributed by atoms with Crippen LogP contribution in [0.1, 0.15) is 54.2 Å². The minimum Gasteiger partial charge on any atom is -0.361 e. The minimum absolute atomic E-state index is 0.0241. The van der Waals surface area contributed by atoms with Crippen LogP contribution < -0.4 is 0 Å². The molecule has 24 heavy (non-hydrogen) atoms. The van der Waals surface area contributed by atoms with Crippen molar-refractivity contribution < 1.29 is 9.32 Å². The van der Waals surface area contributed by atoms with Crippen LogP contribution in [0, 0.1) is 0 Å². The number of H-pyrrole nitrogens is 1. The summed E-state index contributed by atoms with van der Waals surface area (Å²) in [6, 6.07) is 7.69. The maximum atomic E-state index is 12.8. The molecule has 0 atom stereocenters. The molecule has 2 aromatic heterocycles. The van der Waals surface area contributed by atoms with E-state index in [1.54, 1.807) is 4.90 Å². The average molecular weight is 324 g/mol. The van der Waals surface area contributed by atoms with Gasteiger partial charge in [0.15, 0.2) is 5.82 Å². The molecule has 1 aromatic carbocycles. The third kappa shape index (κ3) is 2.68. The number of amides is 1. The highest BCUT2D eigenvalue weighted by Gasteiger charge is 2.26. The van der Waals surface area contributed by atoms with E-state index in [2.05, 4.69) is 15.1 Å². The molecule has 0 aliphatic heterocycles. The number of carbonyl (C=O) groups excluding carboxylic acids is 1. The van der Waals surface area contributed by atoms with Gasteiger partial charge in [-0.3, -0.25) is 4.79 Å². The van der Waals surface area contributed by atoms with Gasteiger partial charge >= 0.3 is 0 Å². The van der Waals surface area contributed by atoms with Gasteiger partial charge in [0.2, 0.25) is 5.89 Å². The van der Waals surface area contributed by atoms with Crippen molar-refractivity contribution in [3.63, 3.8) is 0 Å². The Morgan fingerprint density at radius 3 is 3.00 bits per heavy atom. The van der Waals surface area contributed by atoms with Crippen LogP contribution in [0.25, 0.3) is 10.9 Å². The van der Waals surface area contributed by atoms with Crippen LogP contribution in [0.3, 0.4) is 0 Å². The van der Waals surface area contributed by atoms with E-state index in [0.717, 1.165) is 23.7 Å². The summed E-state index contributed by atoms with van der Waals surface area (Å²) in [6.45, 7) is 2.92. The smallest absolute Gasteiger partial charge is 0.254 e. The lowest BCUT2D eigenvalue weighted by molar-refractivity contribution is 0.0747. The summed E-state index contributed by atoms with van der Waals surface area (Å²) in [5.74, 6) is 1.68. The molecule has 6 nitrogen and oxygen atoms in total. The molecule has 1 fully saturated rings. The second-order valence-electron chi connectivity index (χ2n) is 6.28. The molecule has 0 bridgehead atoms. The second-order valence-corrected chi connectivity index (χ2v) is 6.28. The molecule has 1 aliphatic rings. The van der Waals surface area contributed by atoms with Gasteiger partial charge in [0.05, 0.1) is 6.54 Å². The van der Waals surface area contributed by atoms with Gasteiger partial charge in [-0.05, 0) is 43.4 Å². The maximum absolute atomic E-state index is 12.8. The zero-order valence-electron chi connectivity index (χ0n) is 13.7. The molecule has 2 heterocycles. The number of aromatic amines is 1. The van der Waals surface area contributed by atoms with Crippen molar-refractivity contribution in [2.45, 2.75) is 38.6 Å². The number of nitrogens with one attached hydrogen (secondary N) is 1. The summed E-state index contributed by atoms with van der Waals surface area (Å²) in [5, 5.41) is 5.13. The Morgan fingerprint density at radius 1 is 1.38 bits per heavy atom. The number of benzene rings is 1. The van der Waals surface area contributed by atoms with Gasteiger partial charge in [0.1, 0.15) is 0 Å². The van der Waals surface area contributed by atoms with E-state index in [-0.39, 0.29) is 5.91 Å². The van der Waals surface area contributed by atoms with Gasteiger partial charge in [-0.2, -0.15) is 4.98 Å². The Labute approximate surface area is 139 Å². The molecule has 1 saturated carbocycles. The normalized spacial score (nSPS) is 14.7. The monoisotopic (exact) mass is 324 g/mol. The molecule has 4 rings (SSSR count). The number of fused-ring (bicyclic) bond motifs is 1. The first-order valence-corrected chi connectivity index (χ1v) is 8.43. The van der Waals surface area contributed by atoms with Crippen molar-refractivity contribution in [2.24, 2.45) is 0 Å². The van der Waals surface area contributed by atoms with E-state index < -0.39 is 0 Å². The molecule has 1 N–H and O–H groups in total. The highest BCUT2D eigenvalue weighted by molar-refractivity contribution is 5.97. The molecule has 6 heteroatoms. The molecular formula is C18H20N4O2. The van der Waals surface area contributed by atoms with E-state index in [1.165, 1.54) is 6.42 Å². The summed E-state index contributed by atoms with van der Waals surface area (Å²) >= 11 is 0. The zero-order valence-corrected chi connectivity index (χ0v) is 13.7. The summed E-state index contributed by atoms with van der Waals surface area (Å²) in [4.78, 5) is 22.1.